The van der Waals surface area contributed by atoms with Crippen LogP contribution in [0.15, 0.2) is 30.5 Å². The van der Waals surface area contributed by atoms with Gasteiger partial charge >= 0.3 is 0 Å². The molecule has 19 heavy (non-hydrogen) atoms. The third kappa shape index (κ3) is 1.93. The van der Waals surface area contributed by atoms with Crippen molar-refractivity contribution < 1.29 is 14.3 Å². The number of ether oxygens (including phenoxy) is 2. The Morgan fingerprint density at radius 3 is 2.95 bits per heavy atom. The third-order valence-corrected chi connectivity index (χ3v) is 3.09. The number of amides is 1. The Balaban J connectivity index is 2.20. The molecule has 0 bridgehead atoms. The summed E-state index contributed by atoms with van der Waals surface area (Å²) in [6, 6.07) is 3.39. The van der Waals surface area contributed by atoms with E-state index >= 15 is 0 Å². The van der Waals surface area contributed by atoms with Gasteiger partial charge in [-0.05, 0) is 30.0 Å². The lowest BCUT2D eigenvalue weighted by atomic mass is 9.96. The van der Waals surface area contributed by atoms with Gasteiger partial charge in [0, 0.05) is 19.0 Å². The van der Waals surface area contributed by atoms with Gasteiger partial charge in [-0.2, -0.15) is 0 Å². The molecule has 1 amide bonds. The molecule has 0 saturated heterocycles. The average molecular weight is 258 g/mol. The number of dihydropyridines is 1. The van der Waals surface area contributed by atoms with E-state index < -0.39 is 5.91 Å². The molecular formula is C14H14N2O3. The Morgan fingerprint density at radius 2 is 2.26 bits per heavy atom. The van der Waals surface area contributed by atoms with E-state index in [1.165, 1.54) is 0 Å². The molecule has 3 N–H and O–H groups in total. The number of carbonyl (C=O) groups excluding carboxylic acids is 1. The minimum absolute atomic E-state index is 0.357. The maximum atomic E-state index is 11.6. The summed E-state index contributed by atoms with van der Waals surface area (Å²) < 4.78 is 11.2. The second-order valence-electron chi connectivity index (χ2n) is 4.41. The van der Waals surface area contributed by atoms with Gasteiger partial charge < -0.3 is 20.5 Å². The quantitative estimate of drug-likeness (QED) is 0.841. The number of primary amides is 1. The van der Waals surface area contributed by atoms with E-state index in [0.717, 1.165) is 5.57 Å². The number of allylic oxidation sites excluding steroid dienone is 2. The van der Waals surface area contributed by atoms with Gasteiger partial charge in [-0.15, -0.1) is 0 Å². The van der Waals surface area contributed by atoms with Crippen LogP contribution in [0.25, 0.3) is 5.57 Å². The van der Waals surface area contributed by atoms with Gasteiger partial charge in [0.25, 0.3) is 0 Å². The zero-order chi connectivity index (χ0) is 13.4. The maximum Gasteiger partial charge on any atom is 0.249 e. The molecule has 0 aromatic heterocycles. The molecular weight excluding hydrogens is 244 g/mol. The van der Waals surface area contributed by atoms with Crippen molar-refractivity contribution in [2.75, 3.05) is 6.54 Å². The first-order chi connectivity index (χ1) is 9.16. The number of hydrogen-bond donors (Lipinski definition) is 2. The maximum absolute atomic E-state index is 11.6. The molecule has 2 heterocycles. The molecule has 2 aliphatic rings. The van der Waals surface area contributed by atoms with Crippen molar-refractivity contribution in [1.29, 1.82) is 0 Å². The van der Waals surface area contributed by atoms with Gasteiger partial charge in [0.15, 0.2) is 11.5 Å². The first kappa shape index (κ1) is 11.6. The second-order valence-corrected chi connectivity index (χ2v) is 4.41. The fourth-order valence-corrected chi connectivity index (χ4v) is 2.30. The van der Waals surface area contributed by atoms with Crippen LogP contribution in [-0.4, -0.2) is 18.7 Å². The topological polar surface area (TPSA) is 73.6 Å². The summed E-state index contributed by atoms with van der Waals surface area (Å²) >= 11 is 0. The summed E-state index contributed by atoms with van der Waals surface area (Å²) in [5.74, 6) is 0.756. The van der Waals surface area contributed by atoms with E-state index in [4.69, 9.17) is 15.2 Å². The number of carbonyl (C=O) groups is 1. The van der Waals surface area contributed by atoms with Crippen molar-refractivity contribution in [2.45, 2.75) is 13.2 Å². The summed E-state index contributed by atoms with van der Waals surface area (Å²) in [5.41, 5.74) is 7.56. The monoisotopic (exact) mass is 258 g/mol. The van der Waals surface area contributed by atoms with Crippen molar-refractivity contribution in [2.24, 2.45) is 5.73 Å². The van der Waals surface area contributed by atoms with Gasteiger partial charge in [0.2, 0.25) is 12.2 Å². The molecule has 5 heteroatoms. The molecule has 0 aliphatic carbocycles. The fraction of sp³-hybridized carbons (Fsp3) is 0.214. The minimum atomic E-state index is -0.476. The smallest absolute Gasteiger partial charge is 0.249 e. The molecule has 1 atom stereocenters. The summed E-state index contributed by atoms with van der Waals surface area (Å²) in [6.45, 7) is 2.42. The van der Waals surface area contributed by atoms with Crippen molar-refractivity contribution in [3.63, 3.8) is 0 Å². The highest BCUT2D eigenvalue weighted by atomic mass is 16.7. The number of nitrogens with one attached hydrogen (secondary N) is 1. The lowest BCUT2D eigenvalue weighted by Crippen LogP contribution is -2.18. The van der Waals surface area contributed by atoms with Gasteiger partial charge in [0.05, 0.1) is 5.56 Å². The molecule has 1 aromatic rings. The summed E-state index contributed by atoms with van der Waals surface area (Å²) in [7, 11) is 0. The van der Waals surface area contributed by atoms with Gasteiger partial charge in [-0.1, -0.05) is 6.08 Å². The van der Waals surface area contributed by atoms with E-state index in [1.54, 1.807) is 19.1 Å². The van der Waals surface area contributed by atoms with Gasteiger partial charge in [-0.3, -0.25) is 4.79 Å². The standard InChI is InChI=1S/C14H14N2O3/c1-8-18-11-5-4-10(14(15)17)12(13(11)19-8)9-3-2-6-16-7-9/h2-6,8,16H,7H2,1H3,(H2,15,17). The van der Waals surface area contributed by atoms with Crippen molar-refractivity contribution in [3.05, 3.63) is 41.6 Å². The third-order valence-electron chi connectivity index (χ3n) is 3.09. The number of hydrogen-bond acceptors (Lipinski definition) is 4. The predicted molar refractivity (Wildman–Crippen MR) is 70.8 cm³/mol. The number of rotatable bonds is 2. The summed E-state index contributed by atoms with van der Waals surface area (Å²) in [4.78, 5) is 11.6. The first-order valence-corrected chi connectivity index (χ1v) is 6.06. The van der Waals surface area contributed by atoms with Gasteiger partial charge in [-0.25, -0.2) is 0 Å². The highest BCUT2D eigenvalue weighted by Crippen LogP contribution is 2.42. The Hall–Kier alpha value is -2.43. The molecule has 0 spiro atoms. The van der Waals surface area contributed by atoms with Crippen molar-refractivity contribution in [1.82, 2.24) is 5.32 Å². The molecule has 0 radical (unpaired) electrons. The lowest BCUT2D eigenvalue weighted by molar-refractivity contribution is 0.0676. The predicted octanol–water partition coefficient (Wildman–Crippen LogP) is 1.40. The van der Waals surface area contributed by atoms with Crippen LogP contribution in [0.5, 0.6) is 11.5 Å². The molecule has 1 unspecified atom stereocenters. The van der Waals surface area contributed by atoms with Crippen molar-refractivity contribution in [3.8, 4) is 11.5 Å². The van der Waals surface area contributed by atoms with E-state index in [2.05, 4.69) is 5.32 Å². The number of benzene rings is 1. The Labute approximate surface area is 110 Å². The largest absolute Gasteiger partial charge is 0.451 e. The van der Waals surface area contributed by atoms with Crippen LogP contribution in [0.3, 0.4) is 0 Å². The van der Waals surface area contributed by atoms with E-state index in [1.807, 2.05) is 18.4 Å². The number of fused-ring (bicyclic) bond motifs is 1. The zero-order valence-corrected chi connectivity index (χ0v) is 10.5. The Bertz CT molecular complexity index is 605. The number of nitrogens with two attached hydrogens (primary N) is 1. The van der Waals surface area contributed by atoms with Crippen LogP contribution in [0.1, 0.15) is 22.8 Å². The zero-order valence-electron chi connectivity index (χ0n) is 10.5. The van der Waals surface area contributed by atoms with Crippen LogP contribution >= 0.6 is 0 Å². The Kier molecular flexibility index (Phi) is 2.67. The average Bonchev–Trinajstić information content (AvgIpc) is 2.78. The molecule has 1 aromatic carbocycles. The van der Waals surface area contributed by atoms with Crippen LogP contribution in [0.2, 0.25) is 0 Å². The molecule has 0 fully saturated rings. The van der Waals surface area contributed by atoms with Crippen LogP contribution in [0.4, 0.5) is 0 Å². The van der Waals surface area contributed by atoms with E-state index in [0.29, 0.717) is 29.2 Å². The SMILES string of the molecule is CC1Oc2ccc(C(N)=O)c(C3=CC=CNC3)c2O1. The molecule has 2 aliphatic heterocycles. The van der Waals surface area contributed by atoms with Gasteiger partial charge in [0.1, 0.15) is 0 Å². The molecule has 5 nitrogen and oxygen atoms in total. The van der Waals surface area contributed by atoms with Crippen molar-refractivity contribution >= 4 is 11.5 Å². The Morgan fingerprint density at radius 1 is 1.42 bits per heavy atom. The molecule has 0 saturated carbocycles. The van der Waals surface area contributed by atoms with Crippen LogP contribution < -0.4 is 20.5 Å². The first-order valence-electron chi connectivity index (χ1n) is 6.06. The molecule has 3 rings (SSSR count). The minimum Gasteiger partial charge on any atom is -0.451 e. The summed E-state index contributed by atoms with van der Waals surface area (Å²) in [6.07, 6.45) is 5.30. The highest BCUT2D eigenvalue weighted by Gasteiger charge is 2.28. The summed E-state index contributed by atoms with van der Waals surface area (Å²) in [5, 5.41) is 3.10. The lowest BCUT2D eigenvalue weighted by Gasteiger charge is -2.16. The van der Waals surface area contributed by atoms with E-state index in [-0.39, 0.29) is 6.29 Å². The van der Waals surface area contributed by atoms with Crippen LogP contribution in [0, 0.1) is 0 Å². The highest BCUT2D eigenvalue weighted by molar-refractivity contribution is 6.00. The van der Waals surface area contributed by atoms with Crippen LogP contribution in [-0.2, 0) is 0 Å². The van der Waals surface area contributed by atoms with E-state index in [9.17, 15) is 4.79 Å². The fourth-order valence-electron chi connectivity index (χ4n) is 2.30. The normalized spacial score (nSPS) is 19.8. The second kappa shape index (κ2) is 4.35. The molecule has 98 valence electrons.